The highest BCUT2D eigenvalue weighted by Crippen LogP contribution is 2.28. The van der Waals surface area contributed by atoms with Gasteiger partial charge in [0.2, 0.25) is 112 Å². The fourth-order valence-electron chi connectivity index (χ4n) is 12.0. The molecule has 3 aliphatic rings. The molecule has 708 valence electrons. The molecule has 47 heteroatoms. The number of nitrogens with one attached hydrogen (secondary N) is 13. The van der Waals surface area contributed by atoms with Crippen LogP contribution in [0.25, 0.3) is 0 Å². The van der Waals surface area contributed by atoms with Crippen molar-refractivity contribution in [2.45, 2.75) is 190 Å². The molecular weight excluding hydrogens is 1700 g/mol. The molecule has 0 aromatic carbocycles. The van der Waals surface area contributed by atoms with E-state index in [1.54, 1.807) is 6.26 Å². The van der Waals surface area contributed by atoms with Gasteiger partial charge < -0.3 is 118 Å². The van der Waals surface area contributed by atoms with Crippen LogP contribution in [0.5, 0.6) is 0 Å². The molecule has 0 aromatic rings. The first-order valence-electron chi connectivity index (χ1n) is 42.3. The van der Waals surface area contributed by atoms with Gasteiger partial charge in [0.15, 0.2) is 0 Å². The topological polar surface area (TPSA) is 613 Å². The number of thioether (sulfide) groups is 3. The number of rotatable bonds is 17. The highest BCUT2D eigenvalue weighted by molar-refractivity contribution is 8.01. The zero-order valence-corrected chi connectivity index (χ0v) is 74.6. The number of imide groups is 2. The Morgan fingerprint density at radius 1 is 0.448 bits per heavy atom. The molecule has 8 atom stereocenters. The second-order valence-corrected chi connectivity index (χ2v) is 32.3. The van der Waals surface area contributed by atoms with Crippen LogP contribution in [0.3, 0.4) is 0 Å². The monoisotopic (exact) mass is 1830 g/mol. The van der Waals surface area contributed by atoms with Crippen LogP contribution < -0.4 is 80.6 Å². The molecule has 0 radical (unpaired) electrons. The molecular formula is C78H131N17O27S3. The largest absolute Gasteiger partial charge is 0.379 e. The summed E-state index contributed by atoms with van der Waals surface area (Å²) in [6.45, 7) is 5.92. The van der Waals surface area contributed by atoms with E-state index < -0.39 is 141 Å². The Morgan fingerprint density at radius 2 is 0.800 bits per heavy atom. The number of primary amides is 2. The van der Waals surface area contributed by atoms with Crippen molar-refractivity contribution >= 4 is 148 Å². The number of nitrogens with zero attached hydrogens (tertiary/aromatic N) is 2. The number of unbranched alkanes of at least 4 members (excludes halogenated alkanes) is 1. The van der Waals surface area contributed by atoms with Crippen molar-refractivity contribution in [3.05, 3.63) is 0 Å². The van der Waals surface area contributed by atoms with Crippen molar-refractivity contribution in [3.8, 4) is 0 Å². The minimum absolute atomic E-state index is 0.0134. The van der Waals surface area contributed by atoms with Gasteiger partial charge in [0, 0.05) is 148 Å². The first kappa shape index (κ1) is 110. The van der Waals surface area contributed by atoms with Crippen LogP contribution in [0, 0.1) is 0 Å². The van der Waals surface area contributed by atoms with E-state index in [0.717, 1.165) is 33.3 Å². The number of amides is 19. The van der Waals surface area contributed by atoms with Crippen molar-refractivity contribution in [3.63, 3.8) is 0 Å². The molecule has 3 fully saturated rings. The highest BCUT2D eigenvalue weighted by Gasteiger charge is 2.41. The van der Waals surface area contributed by atoms with Gasteiger partial charge in [-0.1, -0.05) is 6.92 Å². The number of nitrogens with two attached hydrogens (primary N) is 2. The van der Waals surface area contributed by atoms with E-state index in [9.17, 15) is 91.1 Å². The Hall–Kier alpha value is -8.94. The lowest BCUT2D eigenvalue weighted by Crippen LogP contribution is -2.53. The van der Waals surface area contributed by atoms with Crippen LogP contribution in [0.1, 0.15) is 143 Å². The van der Waals surface area contributed by atoms with Crippen molar-refractivity contribution in [1.29, 1.82) is 0 Å². The lowest BCUT2D eigenvalue weighted by molar-refractivity contribution is -0.140. The number of carbonyl (C=O) groups is 19. The van der Waals surface area contributed by atoms with Crippen LogP contribution in [-0.4, -0.2) is 357 Å². The Bertz CT molecular complexity index is 3430. The van der Waals surface area contributed by atoms with Crippen molar-refractivity contribution in [1.82, 2.24) is 78.9 Å². The third-order valence-corrected chi connectivity index (χ3v) is 21.9. The minimum atomic E-state index is -1.10. The summed E-state index contributed by atoms with van der Waals surface area (Å²) in [5.74, 6) is -9.79. The first-order valence-corrected chi connectivity index (χ1v) is 45.8. The van der Waals surface area contributed by atoms with Gasteiger partial charge >= 0.3 is 0 Å². The number of ether oxygens (including phenoxy) is 8. The van der Waals surface area contributed by atoms with Crippen LogP contribution in [-0.2, 0) is 129 Å². The normalized spacial score (nSPS) is 23.2. The lowest BCUT2D eigenvalue weighted by atomic mass is 10.1. The SMILES string of the molecule is CCCC(=O)NCCCCC(NC(=O)C1CCCCNC(=O)CCOCCOCCNC(=O)CCN2C(=O)CC(SCC(NC(C)=O)C(=O)NCCOCCOCCC(=O)NC(C(=O)NC(CSC)C(N)=O)CCCCNC(=O)CCOCCOCCNC(=O)C(NC(C)=O)CSC3CC(=O)N(CCC(=O)NCCOCCOCCC(=O)N1)C3=O)C2=O)C(N)=O. The molecule has 3 aliphatic heterocycles. The van der Waals surface area contributed by atoms with Gasteiger partial charge in [0.1, 0.15) is 36.3 Å². The molecule has 0 saturated carbocycles. The highest BCUT2D eigenvalue weighted by atomic mass is 32.2. The van der Waals surface area contributed by atoms with Gasteiger partial charge in [-0.05, 0) is 70.5 Å². The Kier molecular flexibility index (Phi) is 59.4. The van der Waals surface area contributed by atoms with Crippen molar-refractivity contribution < 1.29 is 129 Å². The molecule has 0 spiro atoms. The van der Waals surface area contributed by atoms with Crippen LogP contribution in [0.2, 0.25) is 0 Å². The second-order valence-electron chi connectivity index (χ2n) is 28.9. The van der Waals surface area contributed by atoms with Crippen LogP contribution in [0.4, 0.5) is 0 Å². The third-order valence-electron chi connectivity index (χ3n) is 18.6. The zero-order chi connectivity index (χ0) is 91.9. The van der Waals surface area contributed by atoms with Gasteiger partial charge in [0.05, 0.1) is 116 Å². The molecule has 19 amide bonds. The van der Waals surface area contributed by atoms with E-state index in [1.807, 2.05) is 6.92 Å². The van der Waals surface area contributed by atoms with Crippen molar-refractivity contribution in [2.24, 2.45) is 11.5 Å². The summed E-state index contributed by atoms with van der Waals surface area (Å²) in [6, 6.07) is -6.42. The molecule has 0 aliphatic carbocycles. The lowest BCUT2D eigenvalue weighted by Gasteiger charge is -2.22. The average Bonchev–Trinajstić information content (AvgIpc) is 1.69. The first-order chi connectivity index (χ1) is 60.0. The Labute approximate surface area is 741 Å². The fourth-order valence-corrected chi connectivity index (χ4v) is 15.0. The predicted molar refractivity (Wildman–Crippen MR) is 457 cm³/mol. The van der Waals surface area contributed by atoms with Crippen molar-refractivity contribution in [2.75, 3.05) is 188 Å². The predicted octanol–water partition coefficient (Wildman–Crippen LogP) is -5.40. The van der Waals surface area contributed by atoms with Gasteiger partial charge in [-0.3, -0.25) is 101 Å². The summed E-state index contributed by atoms with van der Waals surface area (Å²) in [6.07, 6.45) is 4.66. The third kappa shape index (κ3) is 51.5. The van der Waals surface area contributed by atoms with E-state index in [0.29, 0.717) is 57.9 Å². The molecule has 17 N–H and O–H groups in total. The fraction of sp³-hybridized carbons (Fsp3) is 0.756. The quantitative estimate of drug-likeness (QED) is 0.0477. The number of hydrogen-bond donors (Lipinski definition) is 15. The van der Waals surface area contributed by atoms with Gasteiger partial charge in [-0.2, -0.15) is 11.8 Å². The van der Waals surface area contributed by atoms with E-state index in [4.69, 9.17) is 49.4 Å². The minimum Gasteiger partial charge on any atom is -0.379 e. The zero-order valence-electron chi connectivity index (χ0n) is 72.1. The molecule has 3 heterocycles. The van der Waals surface area contributed by atoms with Gasteiger partial charge in [-0.25, -0.2) is 0 Å². The summed E-state index contributed by atoms with van der Waals surface area (Å²) in [4.78, 5) is 246. The number of hydrogen-bond acceptors (Lipinski definition) is 30. The molecule has 4 bridgehead atoms. The van der Waals surface area contributed by atoms with Crippen LogP contribution in [0.15, 0.2) is 0 Å². The number of carbonyl (C=O) groups excluding carboxylic acids is 19. The summed E-state index contributed by atoms with van der Waals surface area (Å²) in [5.41, 5.74) is 11.2. The molecule has 8 unspecified atom stereocenters. The molecule has 44 nitrogen and oxygen atoms in total. The maximum Gasteiger partial charge on any atom is 0.243 e. The molecule has 3 saturated heterocycles. The molecule has 3 rings (SSSR count). The van der Waals surface area contributed by atoms with E-state index >= 15 is 0 Å². The van der Waals surface area contributed by atoms with E-state index in [-0.39, 0.29) is 264 Å². The standard InChI is InChI=1S/C78H131N17O27S3/c1-5-12-62(98)81-22-9-6-13-54(71(79)107)92-75(111)55-14-7-10-23-82-65(101)18-31-115-39-43-119-35-25-84-63(99)16-29-94-69(105)48-61(77(94)113)125-51-59(89-53(3)97)74(110)87-28-38-122-46-42-118-34-21-68(104)91-56(76(112)93-57(49-123-4)72(80)108)15-8-11-24-83-66(102)19-32-116-40-45-121-37-27-86-73(109)58(88-52(2)96)50-124-60-47-70(106)95(78(60)114)30-17-64(100)85-26-36-120-44-41-117-33-20-67(103)90-55/h54-61H,5-51H2,1-4H3,(H2,79,107)(H2,80,108)(H,81,98)(H,82,101)(H,83,102)(H,84,99)(H,85,100)(H,86,109)(H,87,110)(H,88,96)(H,89,97)(H,90,103)(H,91,104)(H,92,111)(H,93,112). The summed E-state index contributed by atoms with van der Waals surface area (Å²) >= 11 is 3.30. The Balaban J connectivity index is 1.57. The molecule has 0 aromatic heterocycles. The average molecular weight is 1840 g/mol. The van der Waals surface area contributed by atoms with Crippen LogP contribution >= 0.6 is 35.3 Å². The smallest absolute Gasteiger partial charge is 0.243 e. The summed E-state index contributed by atoms with van der Waals surface area (Å²) in [7, 11) is 0. The number of fused-ring (bicyclic) bond motifs is 4. The molecule has 125 heavy (non-hydrogen) atoms. The summed E-state index contributed by atoms with van der Waals surface area (Å²) < 4.78 is 44.4. The van der Waals surface area contributed by atoms with E-state index in [1.165, 1.54) is 25.6 Å². The van der Waals surface area contributed by atoms with E-state index in [2.05, 4.69) is 69.1 Å². The maximum atomic E-state index is 13.7. The second kappa shape index (κ2) is 67.4. The van der Waals surface area contributed by atoms with Gasteiger partial charge in [-0.15, -0.1) is 23.5 Å². The maximum absolute atomic E-state index is 13.7. The Morgan fingerprint density at radius 3 is 1.17 bits per heavy atom. The summed E-state index contributed by atoms with van der Waals surface area (Å²) in [5, 5.41) is 33.0. The van der Waals surface area contributed by atoms with Gasteiger partial charge in [0.25, 0.3) is 0 Å².